The van der Waals surface area contributed by atoms with Gasteiger partial charge in [0.05, 0.1) is 31.0 Å². The fourth-order valence-electron chi connectivity index (χ4n) is 4.52. The number of nitrogens with one attached hydrogen (secondary N) is 1. The fourth-order valence-corrected chi connectivity index (χ4v) is 6.22. The first-order valence-corrected chi connectivity index (χ1v) is 17.8. The third kappa shape index (κ3) is 7.42. The zero-order valence-electron chi connectivity index (χ0n) is 25.1. The molecule has 2 heterocycles. The molecular weight excluding hydrogens is 569 g/mol. The van der Waals surface area contributed by atoms with Crippen LogP contribution < -0.4 is 14.8 Å². The van der Waals surface area contributed by atoms with E-state index in [0.717, 1.165) is 11.1 Å². The van der Waals surface area contributed by atoms with Crippen molar-refractivity contribution in [1.82, 2.24) is 4.90 Å². The van der Waals surface area contributed by atoms with E-state index in [1.807, 2.05) is 35.7 Å². The molecule has 0 saturated carbocycles. The van der Waals surface area contributed by atoms with Gasteiger partial charge < -0.3 is 23.9 Å². The number of anilines is 1. The number of nitrogens with zero attached hydrogens (tertiary/aromatic N) is 1. The van der Waals surface area contributed by atoms with Gasteiger partial charge in [-0.1, -0.05) is 57.2 Å². The van der Waals surface area contributed by atoms with Gasteiger partial charge in [-0.15, -0.1) is 0 Å². The van der Waals surface area contributed by atoms with Gasteiger partial charge in [0.2, 0.25) is 0 Å². The van der Waals surface area contributed by atoms with Crippen molar-refractivity contribution in [3.63, 3.8) is 0 Å². The lowest BCUT2D eigenvalue weighted by Crippen LogP contribution is -2.49. The summed E-state index contributed by atoms with van der Waals surface area (Å²) >= 11 is 1.64. The molecule has 224 valence electrons. The molecule has 10 heteroatoms. The molecule has 2 amide bonds. The molecule has 0 fully saturated rings. The van der Waals surface area contributed by atoms with E-state index in [9.17, 15) is 14.7 Å². The summed E-state index contributed by atoms with van der Waals surface area (Å²) in [5, 5.41) is 16.2. The minimum Gasteiger partial charge on any atom is -0.493 e. The van der Waals surface area contributed by atoms with Gasteiger partial charge in [0.1, 0.15) is 6.61 Å². The van der Waals surface area contributed by atoms with Crippen LogP contribution in [0.2, 0.25) is 18.1 Å². The first-order valence-electron chi connectivity index (χ1n) is 14.0. The normalized spacial score (nSPS) is 15.6. The van der Waals surface area contributed by atoms with E-state index < -0.39 is 14.4 Å². The van der Waals surface area contributed by atoms with Crippen LogP contribution in [0.1, 0.15) is 48.7 Å². The molecule has 0 radical (unpaired) electrons. The van der Waals surface area contributed by atoms with Crippen LogP contribution in [-0.2, 0) is 11.0 Å². The molecular formula is C32H40N2O6SSi. The smallest absolute Gasteiger partial charge is 0.409 e. The Balaban J connectivity index is 1.68. The lowest BCUT2D eigenvalue weighted by molar-refractivity contribution is 0.0655. The van der Waals surface area contributed by atoms with Crippen molar-refractivity contribution in [1.29, 1.82) is 0 Å². The van der Waals surface area contributed by atoms with Gasteiger partial charge >= 0.3 is 6.09 Å². The minimum absolute atomic E-state index is 0.0118. The SMILES string of the molecule is COc1cc(C(=O)N2CCC(c3ccsc3)=C[C@H]2CO[Si](C)(C)C(C)(C)C)c(NC(=O)O)cc1OCc1ccccc1. The number of hydrogen-bond acceptors (Lipinski definition) is 6. The van der Waals surface area contributed by atoms with Crippen LogP contribution in [0.25, 0.3) is 5.57 Å². The standard InChI is InChI=1S/C32H40N2O6SSi/c1-32(2,3)42(5,6)40-20-25-16-23(24-13-15-41-21-24)12-14-34(25)30(35)26-17-28(38-4)29(18-27(26)33-31(36)37)39-19-22-10-8-7-9-11-22/h7-11,13,15-18,21,25,33H,12,14,19-20H2,1-6H3,(H,36,37)/t25-/m0/s1. The predicted octanol–water partition coefficient (Wildman–Crippen LogP) is 7.75. The molecule has 1 aromatic heterocycles. The first-order chi connectivity index (χ1) is 19.9. The third-order valence-corrected chi connectivity index (χ3v) is 13.2. The number of carbonyl (C=O) groups is 2. The monoisotopic (exact) mass is 608 g/mol. The van der Waals surface area contributed by atoms with E-state index in [4.69, 9.17) is 13.9 Å². The average Bonchev–Trinajstić information content (AvgIpc) is 3.49. The Morgan fingerprint density at radius 2 is 1.86 bits per heavy atom. The van der Waals surface area contributed by atoms with Gasteiger partial charge in [-0.2, -0.15) is 11.3 Å². The molecule has 0 aliphatic carbocycles. The summed E-state index contributed by atoms with van der Waals surface area (Å²) < 4.78 is 18.2. The molecule has 1 atom stereocenters. The first kappa shape index (κ1) is 31.3. The summed E-state index contributed by atoms with van der Waals surface area (Å²) in [6.45, 7) is 12.0. The van der Waals surface area contributed by atoms with Crippen LogP contribution in [-0.4, -0.2) is 56.6 Å². The molecule has 0 spiro atoms. The van der Waals surface area contributed by atoms with Gasteiger partial charge in [-0.3, -0.25) is 10.1 Å². The number of ether oxygens (including phenoxy) is 2. The maximum Gasteiger partial charge on any atom is 0.409 e. The fraction of sp³-hybridized carbons (Fsp3) is 0.375. The number of carbonyl (C=O) groups excluding carboxylic acids is 1. The molecule has 0 unspecified atom stereocenters. The molecule has 8 nitrogen and oxygen atoms in total. The van der Waals surface area contributed by atoms with Crippen LogP contribution in [0, 0.1) is 0 Å². The number of amides is 2. The van der Waals surface area contributed by atoms with Gasteiger partial charge in [0, 0.05) is 12.6 Å². The number of hydrogen-bond donors (Lipinski definition) is 2. The number of rotatable bonds is 10. The molecule has 4 rings (SSSR count). The molecule has 42 heavy (non-hydrogen) atoms. The Bertz CT molecular complexity index is 1420. The predicted molar refractivity (Wildman–Crippen MR) is 170 cm³/mol. The molecule has 0 saturated heterocycles. The highest BCUT2D eigenvalue weighted by Gasteiger charge is 2.39. The summed E-state index contributed by atoms with van der Waals surface area (Å²) in [5.74, 6) is 0.361. The van der Waals surface area contributed by atoms with E-state index in [1.54, 1.807) is 22.3 Å². The highest BCUT2D eigenvalue weighted by atomic mass is 32.1. The van der Waals surface area contributed by atoms with Crippen LogP contribution in [0.4, 0.5) is 10.5 Å². The third-order valence-electron chi connectivity index (χ3n) is 8.00. The largest absolute Gasteiger partial charge is 0.493 e. The summed E-state index contributed by atoms with van der Waals surface area (Å²) in [6.07, 6.45) is 1.52. The van der Waals surface area contributed by atoms with Gasteiger partial charge in [-0.25, -0.2) is 4.79 Å². The molecule has 1 aliphatic heterocycles. The second kappa shape index (κ2) is 13.1. The second-order valence-corrected chi connectivity index (χ2v) is 17.4. The van der Waals surface area contributed by atoms with Crippen molar-refractivity contribution in [2.75, 3.05) is 25.6 Å². The van der Waals surface area contributed by atoms with E-state index in [0.29, 0.717) is 31.1 Å². The van der Waals surface area contributed by atoms with Crippen molar-refractivity contribution in [3.8, 4) is 11.5 Å². The van der Waals surface area contributed by atoms with Crippen LogP contribution in [0.5, 0.6) is 11.5 Å². The van der Waals surface area contributed by atoms with Crippen LogP contribution in [0.15, 0.2) is 65.4 Å². The van der Waals surface area contributed by atoms with Crippen molar-refractivity contribution in [2.24, 2.45) is 0 Å². The Kier molecular flexibility index (Phi) is 9.81. The van der Waals surface area contributed by atoms with E-state index >= 15 is 0 Å². The van der Waals surface area contributed by atoms with Crippen molar-refractivity contribution < 1.29 is 28.6 Å². The lowest BCUT2D eigenvalue weighted by Gasteiger charge is -2.40. The Morgan fingerprint density at radius 3 is 2.48 bits per heavy atom. The van der Waals surface area contributed by atoms with Gasteiger partial charge in [0.25, 0.3) is 5.91 Å². The highest BCUT2D eigenvalue weighted by molar-refractivity contribution is 7.08. The van der Waals surface area contributed by atoms with Crippen LogP contribution in [0.3, 0.4) is 0 Å². The molecule has 2 N–H and O–H groups in total. The quantitative estimate of drug-likeness (QED) is 0.229. The molecule has 0 bridgehead atoms. The van der Waals surface area contributed by atoms with Crippen molar-refractivity contribution in [2.45, 2.75) is 58.0 Å². The number of carboxylic acid groups (broad SMARTS) is 1. The number of benzene rings is 2. The highest BCUT2D eigenvalue weighted by Crippen LogP contribution is 2.39. The van der Waals surface area contributed by atoms with E-state index in [1.165, 1.54) is 18.7 Å². The minimum atomic E-state index is -2.10. The lowest BCUT2D eigenvalue weighted by atomic mass is 9.97. The molecule has 2 aromatic carbocycles. The average molecular weight is 609 g/mol. The maximum absolute atomic E-state index is 14.2. The molecule has 3 aromatic rings. The van der Waals surface area contributed by atoms with Crippen LogP contribution >= 0.6 is 11.3 Å². The topological polar surface area (TPSA) is 97.3 Å². The summed E-state index contributed by atoms with van der Waals surface area (Å²) in [6, 6.07) is 14.4. The van der Waals surface area contributed by atoms with E-state index in [-0.39, 0.29) is 34.8 Å². The van der Waals surface area contributed by atoms with Gasteiger partial charge in [-0.05, 0) is 64.1 Å². The number of methoxy groups -OCH3 is 1. The van der Waals surface area contributed by atoms with Crippen molar-refractivity contribution in [3.05, 3.63) is 82.1 Å². The second-order valence-electron chi connectivity index (χ2n) is 11.8. The number of thiophene rings is 1. The van der Waals surface area contributed by atoms with Gasteiger partial charge in [0.15, 0.2) is 19.8 Å². The summed E-state index contributed by atoms with van der Waals surface area (Å²) in [7, 11) is -0.609. The Hall–Kier alpha value is -3.60. The molecule has 1 aliphatic rings. The summed E-state index contributed by atoms with van der Waals surface area (Å²) in [5.41, 5.74) is 3.59. The summed E-state index contributed by atoms with van der Waals surface area (Å²) in [4.78, 5) is 27.8. The zero-order valence-corrected chi connectivity index (χ0v) is 26.9. The zero-order chi connectivity index (χ0) is 30.5. The Labute approximate surface area is 253 Å². The maximum atomic E-state index is 14.2. The van der Waals surface area contributed by atoms with E-state index in [2.05, 4.69) is 56.7 Å². The Morgan fingerprint density at radius 1 is 1.12 bits per heavy atom. The van der Waals surface area contributed by atoms with Crippen molar-refractivity contribution >= 4 is 42.9 Å².